The number of carboxylic acids is 1. The number of carboxylic acid groups (broad SMARTS) is 1. The van der Waals surface area contributed by atoms with Crippen LogP contribution in [0.4, 0.5) is 0 Å². The van der Waals surface area contributed by atoms with Gasteiger partial charge in [-0.3, -0.25) is 9.59 Å². The van der Waals surface area contributed by atoms with Crippen molar-refractivity contribution in [1.29, 1.82) is 0 Å². The van der Waals surface area contributed by atoms with Crippen LogP contribution in [0.5, 0.6) is 5.75 Å². The molecule has 0 bridgehead atoms. The minimum atomic E-state index is -1.34. The van der Waals surface area contributed by atoms with Crippen molar-refractivity contribution in [3.05, 3.63) is 29.8 Å². The standard InChI is InChI=1S/C13H16N2O4/c1-19-10-4-2-3-9(7-10)11(16)15-6-5-13(14,8-15)12(17)18/h2-4,7H,5-6,8,14H2,1H3,(H,17,18). The smallest absolute Gasteiger partial charge is 0.325 e. The number of methoxy groups -OCH3 is 1. The predicted octanol–water partition coefficient (Wildman–Crippen LogP) is 0.323. The maximum atomic E-state index is 12.2. The summed E-state index contributed by atoms with van der Waals surface area (Å²) >= 11 is 0. The lowest BCUT2D eigenvalue weighted by Gasteiger charge is -2.20. The van der Waals surface area contributed by atoms with Crippen molar-refractivity contribution < 1.29 is 19.4 Å². The van der Waals surface area contributed by atoms with Crippen molar-refractivity contribution >= 4 is 11.9 Å². The summed E-state index contributed by atoms with van der Waals surface area (Å²) in [7, 11) is 1.52. The van der Waals surface area contributed by atoms with Crippen LogP contribution in [0.25, 0.3) is 0 Å². The molecule has 2 rings (SSSR count). The molecule has 1 aromatic carbocycles. The SMILES string of the molecule is COc1cccc(C(=O)N2CCC(N)(C(=O)O)C2)c1. The van der Waals surface area contributed by atoms with Crippen molar-refractivity contribution in [3.63, 3.8) is 0 Å². The Kier molecular flexibility index (Phi) is 3.44. The summed E-state index contributed by atoms with van der Waals surface area (Å²) in [5.74, 6) is -0.719. The predicted molar refractivity (Wildman–Crippen MR) is 68.1 cm³/mol. The van der Waals surface area contributed by atoms with Crippen LogP contribution >= 0.6 is 0 Å². The van der Waals surface area contributed by atoms with E-state index in [0.29, 0.717) is 17.9 Å². The van der Waals surface area contributed by atoms with E-state index in [-0.39, 0.29) is 18.9 Å². The first-order valence-corrected chi connectivity index (χ1v) is 5.92. The Labute approximate surface area is 110 Å². The molecule has 19 heavy (non-hydrogen) atoms. The number of benzene rings is 1. The number of rotatable bonds is 3. The second-order valence-electron chi connectivity index (χ2n) is 4.67. The molecule has 1 aliphatic heterocycles. The molecule has 3 N–H and O–H groups in total. The summed E-state index contributed by atoms with van der Waals surface area (Å²) in [6, 6.07) is 6.75. The number of hydrogen-bond donors (Lipinski definition) is 2. The number of nitrogens with zero attached hydrogens (tertiary/aromatic N) is 1. The molecule has 1 aliphatic rings. The second-order valence-corrected chi connectivity index (χ2v) is 4.67. The van der Waals surface area contributed by atoms with E-state index in [1.54, 1.807) is 24.3 Å². The summed E-state index contributed by atoms with van der Waals surface area (Å²) in [4.78, 5) is 24.8. The van der Waals surface area contributed by atoms with E-state index >= 15 is 0 Å². The van der Waals surface area contributed by atoms with Crippen molar-refractivity contribution in [1.82, 2.24) is 4.90 Å². The molecule has 1 saturated heterocycles. The topological polar surface area (TPSA) is 92.9 Å². The average Bonchev–Trinajstić information content (AvgIpc) is 2.82. The van der Waals surface area contributed by atoms with Crippen LogP contribution in [0, 0.1) is 0 Å². The van der Waals surface area contributed by atoms with E-state index in [9.17, 15) is 9.59 Å². The minimum Gasteiger partial charge on any atom is -0.497 e. The zero-order valence-electron chi connectivity index (χ0n) is 10.6. The van der Waals surface area contributed by atoms with Gasteiger partial charge in [-0.25, -0.2) is 0 Å². The van der Waals surface area contributed by atoms with Crippen molar-refractivity contribution in [2.75, 3.05) is 20.2 Å². The van der Waals surface area contributed by atoms with E-state index in [1.165, 1.54) is 12.0 Å². The van der Waals surface area contributed by atoms with Crippen LogP contribution in [0.1, 0.15) is 16.8 Å². The fraction of sp³-hybridized carbons (Fsp3) is 0.385. The highest BCUT2D eigenvalue weighted by Gasteiger charge is 2.43. The van der Waals surface area contributed by atoms with Gasteiger partial charge in [0.15, 0.2) is 0 Å². The quantitative estimate of drug-likeness (QED) is 0.820. The van der Waals surface area contributed by atoms with Gasteiger partial charge in [0.05, 0.1) is 7.11 Å². The minimum absolute atomic E-state index is 0.0262. The second kappa shape index (κ2) is 4.89. The maximum Gasteiger partial charge on any atom is 0.325 e. The molecule has 0 spiro atoms. The number of hydrogen-bond acceptors (Lipinski definition) is 4. The van der Waals surface area contributed by atoms with Gasteiger partial charge in [0.25, 0.3) is 5.91 Å². The van der Waals surface area contributed by atoms with Gasteiger partial charge in [-0.2, -0.15) is 0 Å². The van der Waals surface area contributed by atoms with Crippen LogP contribution < -0.4 is 10.5 Å². The summed E-state index contributed by atoms with van der Waals surface area (Å²) in [6.45, 7) is 0.372. The molecule has 0 aliphatic carbocycles. The Morgan fingerprint density at radius 2 is 2.21 bits per heavy atom. The lowest BCUT2D eigenvalue weighted by Crippen LogP contribution is -2.50. The molecule has 1 unspecified atom stereocenters. The Bertz CT molecular complexity index is 517. The van der Waals surface area contributed by atoms with Crippen LogP contribution in [-0.4, -0.2) is 47.6 Å². The zero-order chi connectivity index (χ0) is 14.0. The molecular formula is C13H16N2O4. The molecular weight excluding hydrogens is 248 g/mol. The van der Waals surface area contributed by atoms with Crippen molar-refractivity contribution in [3.8, 4) is 5.75 Å². The summed E-state index contributed by atoms with van der Waals surface area (Å²) in [5.41, 5.74) is 4.87. The Morgan fingerprint density at radius 1 is 1.47 bits per heavy atom. The van der Waals surface area contributed by atoms with Gasteiger partial charge < -0.3 is 20.5 Å². The van der Waals surface area contributed by atoms with Gasteiger partial charge in [0.1, 0.15) is 11.3 Å². The number of carbonyl (C=O) groups is 2. The normalized spacial score (nSPS) is 22.3. The zero-order valence-corrected chi connectivity index (χ0v) is 10.6. The van der Waals surface area contributed by atoms with E-state index < -0.39 is 11.5 Å². The molecule has 0 saturated carbocycles. The lowest BCUT2D eigenvalue weighted by atomic mass is 10.0. The van der Waals surface area contributed by atoms with Crippen LogP contribution in [0.15, 0.2) is 24.3 Å². The number of carbonyl (C=O) groups excluding carboxylic acids is 1. The Balaban J connectivity index is 2.15. The fourth-order valence-electron chi connectivity index (χ4n) is 2.12. The lowest BCUT2D eigenvalue weighted by molar-refractivity contribution is -0.142. The molecule has 1 heterocycles. The van der Waals surface area contributed by atoms with E-state index in [4.69, 9.17) is 15.6 Å². The van der Waals surface area contributed by atoms with Crippen LogP contribution in [-0.2, 0) is 4.79 Å². The van der Waals surface area contributed by atoms with Gasteiger partial charge in [-0.15, -0.1) is 0 Å². The summed E-state index contributed by atoms with van der Waals surface area (Å²) < 4.78 is 5.06. The van der Waals surface area contributed by atoms with Gasteiger partial charge >= 0.3 is 5.97 Å². The van der Waals surface area contributed by atoms with Gasteiger partial charge in [-0.05, 0) is 24.6 Å². The Morgan fingerprint density at radius 3 is 2.79 bits per heavy atom. The molecule has 1 fully saturated rings. The largest absolute Gasteiger partial charge is 0.497 e. The van der Waals surface area contributed by atoms with E-state index in [2.05, 4.69) is 0 Å². The number of nitrogens with two attached hydrogens (primary N) is 1. The number of amides is 1. The number of aliphatic carboxylic acids is 1. The number of likely N-dealkylation sites (tertiary alicyclic amines) is 1. The average molecular weight is 264 g/mol. The third kappa shape index (κ3) is 2.53. The molecule has 102 valence electrons. The molecule has 6 heteroatoms. The van der Waals surface area contributed by atoms with Crippen molar-refractivity contribution in [2.24, 2.45) is 5.73 Å². The van der Waals surface area contributed by atoms with E-state index in [0.717, 1.165) is 0 Å². The third-order valence-corrected chi connectivity index (χ3v) is 3.33. The highest BCUT2D eigenvalue weighted by molar-refractivity contribution is 5.95. The Hall–Kier alpha value is -2.08. The van der Waals surface area contributed by atoms with Crippen LogP contribution in [0.3, 0.4) is 0 Å². The van der Waals surface area contributed by atoms with Crippen molar-refractivity contribution in [2.45, 2.75) is 12.0 Å². The summed E-state index contributed by atoms with van der Waals surface area (Å²) in [5, 5.41) is 9.04. The first-order chi connectivity index (χ1) is 8.96. The molecule has 1 amide bonds. The number of ether oxygens (including phenoxy) is 1. The molecule has 0 aromatic heterocycles. The van der Waals surface area contributed by atoms with Gasteiger partial charge in [-0.1, -0.05) is 6.07 Å². The summed E-state index contributed by atoms with van der Waals surface area (Å²) in [6.07, 6.45) is 0.262. The molecule has 0 radical (unpaired) electrons. The maximum absolute atomic E-state index is 12.2. The third-order valence-electron chi connectivity index (χ3n) is 3.33. The van der Waals surface area contributed by atoms with Gasteiger partial charge in [0.2, 0.25) is 0 Å². The monoisotopic (exact) mass is 264 g/mol. The first-order valence-electron chi connectivity index (χ1n) is 5.92. The molecule has 1 atom stereocenters. The molecule has 6 nitrogen and oxygen atoms in total. The highest BCUT2D eigenvalue weighted by Crippen LogP contribution is 2.22. The highest BCUT2D eigenvalue weighted by atomic mass is 16.5. The van der Waals surface area contributed by atoms with Gasteiger partial charge in [0, 0.05) is 18.7 Å². The van der Waals surface area contributed by atoms with Crippen LogP contribution in [0.2, 0.25) is 0 Å². The fourth-order valence-corrected chi connectivity index (χ4v) is 2.12. The van der Waals surface area contributed by atoms with E-state index in [1.807, 2.05) is 0 Å². The molecule has 1 aromatic rings. The first kappa shape index (κ1) is 13.4.